The Labute approximate surface area is 181 Å². The molecule has 0 radical (unpaired) electrons. The van der Waals surface area contributed by atoms with Gasteiger partial charge in [0.25, 0.3) is 5.91 Å². The smallest absolute Gasteiger partial charge is 0.274 e. The van der Waals surface area contributed by atoms with Crippen molar-refractivity contribution in [3.8, 4) is 0 Å². The van der Waals surface area contributed by atoms with E-state index >= 15 is 0 Å². The van der Waals surface area contributed by atoms with Crippen LogP contribution >= 0.6 is 0 Å². The van der Waals surface area contributed by atoms with Crippen LogP contribution in [0.25, 0.3) is 12.2 Å². The van der Waals surface area contributed by atoms with Crippen LogP contribution in [0.4, 0.5) is 0 Å². The molecule has 1 aliphatic rings. The highest BCUT2D eigenvalue weighted by Gasteiger charge is 2.36. The Balaban J connectivity index is 2.29. The Morgan fingerprint density at radius 2 is 1.80 bits per heavy atom. The molecular weight excluding hydrogens is 374 g/mol. The zero-order valence-corrected chi connectivity index (χ0v) is 19.2. The van der Waals surface area contributed by atoms with E-state index in [-0.39, 0.29) is 16.5 Å². The predicted molar refractivity (Wildman–Crippen MR) is 124 cm³/mol. The fraction of sp³-hybridized carbons (Fsp3) is 0.600. The Morgan fingerprint density at radius 1 is 1.20 bits per heavy atom. The summed E-state index contributed by atoms with van der Waals surface area (Å²) in [5.74, 6) is 0.116. The topological polar surface area (TPSA) is 67.2 Å². The number of carbonyl (C=O) groups excluding carboxylic acids is 1. The summed E-state index contributed by atoms with van der Waals surface area (Å²) >= 11 is 0. The lowest BCUT2D eigenvalue weighted by atomic mass is 9.67. The highest BCUT2D eigenvalue weighted by atomic mass is 16.5. The molecule has 0 aromatic carbocycles. The van der Waals surface area contributed by atoms with Gasteiger partial charge in [0.2, 0.25) is 0 Å². The summed E-state index contributed by atoms with van der Waals surface area (Å²) in [5.41, 5.74) is 3.40. The highest BCUT2D eigenvalue weighted by molar-refractivity contribution is 5.99. The van der Waals surface area contributed by atoms with Gasteiger partial charge in [-0.3, -0.25) is 14.7 Å². The summed E-state index contributed by atoms with van der Waals surface area (Å²) in [6.45, 7) is 16.8. The number of nitrogens with zero attached hydrogens (tertiary/aromatic N) is 2. The third-order valence-corrected chi connectivity index (χ3v) is 6.59. The number of rotatable bonds is 8. The molecule has 1 heterocycles. The van der Waals surface area contributed by atoms with Crippen LogP contribution in [0.3, 0.4) is 0 Å². The third-order valence-electron chi connectivity index (χ3n) is 6.59. The van der Waals surface area contributed by atoms with Crippen molar-refractivity contribution in [2.45, 2.75) is 84.6 Å². The molecule has 1 fully saturated rings. The lowest BCUT2D eigenvalue weighted by Gasteiger charge is -2.41. The molecule has 2 rings (SSSR count). The second-order valence-corrected chi connectivity index (χ2v) is 9.88. The molecule has 30 heavy (non-hydrogen) atoms. The van der Waals surface area contributed by atoms with E-state index < -0.39 is 5.91 Å². The van der Waals surface area contributed by atoms with Crippen molar-refractivity contribution in [2.24, 2.45) is 11.3 Å². The average Bonchev–Trinajstić information content (AvgIpc) is 3.08. The summed E-state index contributed by atoms with van der Waals surface area (Å²) in [6, 6.07) is 0. The minimum absolute atomic E-state index is 0.191. The van der Waals surface area contributed by atoms with Crippen LogP contribution in [0.5, 0.6) is 0 Å². The summed E-state index contributed by atoms with van der Waals surface area (Å²) in [5, 5.41) is 13.7. The molecule has 1 saturated carbocycles. The molecule has 0 saturated heterocycles. The van der Waals surface area contributed by atoms with Crippen molar-refractivity contribution in [3.05, 3.63) is 42.3 Å². The minimum Gasteiger partial charge on any atom is -0.288 e. The summed E-state index contributed by atoms with van der Waals surface area (Å²) in [7, 11) is 0. The molecule has 1 amide bonds. The molecular formula is C25H39N3O2. The van der Waals surface area contributed by atoms with Gasteiger partial charge >= 0.3 is 0 Å². The number of hydrogen-bond acceptors (Lipinski definition) is 3. The van der Waals surface area contributed by atoms with Gasteiger partial charge in [0, 0.05) is 17.3 Å². The molecule has 0 bridgehead atoms. The van der Waals surface area contributed by atoms with Gasteiger partial charge < -0.3 is 0 Å². The molecule has 1 aromatic rings. The van der Waals surface area contributed by atoms with E-state index in [0.29, 0.717) is 5.69 Å². The molecule has 166 valence electrons. The fourth-order valence-electron chi connectivity index (χ4n) is 4.99. The molecule has 5 nitrogen and oxygen atoms in total. The number of aromatic nitrogens is 2. The largest absolute Gasteiger partial charge is 0.288 e. The monoisotopic (exact) mass is 413 g/mol. The van der Waals surface area contributed by atoms with E-state index in [9.17, 15) is 4.79 Å². The zero-order valence-electron chi connectivity index (χ0n) is 19.2. The van der Waals surface area contributed by atoms with Crippen molar-refractivity contribution in [1.82, 2.24) is 15.3 Å². The maximum absolute atomic E-state index is 11.8. The van der Waals surface area contributed by atoms with Crippen LogP contribution in [-0.4, -0.2) is 20.9 Å². The van der Waals surface area contributed by atoms with E-state index in [1.54, 1.807) is 17.6 Å². The fourth-order valence-corrected chi connectivity index (χ4v) is 4.99. The summed E-state index contributed by atoms with van der Waals surface area (Å²) in [6.07, 6.45) is 17.2. The highest BCUT2D eigenvalue weighted by Crippen LogP contribution is 2.44. The Kier molecular flexibility index (Phi) is 8.25. The summed E-state index contributed by atoms with van der Waals surface area (Å²) in [4.78, 5) is 11.8. The first-order valence-corrected chi connectivity index (χ1v) is 11.2. The van der Waals surface area contributed by atoms with Crippen LogP contribution in [-0.2, 0) is 10.3 Å². The molecule has 5 heteroatoms. The lowest BCUT2D eigenvalue weighted by Crippen LogP contribution is -2.37. The summed E-state index contributed by atoms with van der Waals surface area (Å²) < 4.78 is 2.00. The molecule has 1 aromatic heterocycles. The van der Waals surface area contributed by atoms with Gasteiger partial charge in [0.1, 0.15) is 0 Å². The SMILES string of the molecule is C=C/C(=C\c1nn(C(C)(C)CC(C)(C)C2CCCCCCC2)cc1C=C)C(=O)NO. The van der Waals surface area contributed by atoms with Crippen molar-refractivity contribution in [3.63, 3.8) is 0 Å². The van der Waals surface area contributed by atoms with E-state index in [0.717, 1.165) is 17.9 Å². The Hall–Kier alpha value is -2.14. The Morgan fingerprint density at radius 3 is 2.33 bits per heavy atom. The van der Waals surface area contributed by atoms with Gasteiger partial charge in [-0.15, -0.1) is 0 Å². The van der Waals surface area contributed by atoms with E-state index in [2.05, 4.69) is 40.9 Å². The Bertz CT molecular complexity index is 778. The van der Waals surface area contributed by atoms with Crippen LogP contribution in [0, 0.1) is 11.3 Å². The molecule has 0 atom stereocenters. The van der Waals surface area contributed by atoms with Crippen molar-refractivity contribution in [2.75, 3.05) is 0 Å². The molecule has 2 N–H and O–H groups in total. The number of amides is 1. The maximum atomic E-state index is 11.8. The second kappa shape index (κ2) is 10.3. The van der Waals surface area contributed by atoms with Gasteiger partial charge in [-0.1, -0.05) is 71.3 Å². The number of hydrogen-bond donors (Lipinski definition) is 2. The number of hydroxylamine groups is 1. The minimum atomic E-state index is -0.612. The van der Waals surface area contributed by atoms with E-state index in [4.69, 9.17) is 10.3 Å². The molecule has 0 spiro atoms. The maximum Gasteiger partial charge on any atom is 0.274 e. The quantitative estimate of drug-likeness (QED) is 0.234. The van der Waals surface area contributed by atoms with Crippen LogP contribution in [0.1, 0.15) is 90.3 Å². The zero-order chi connectivity index (χ0) is 22.4. The molecule has 0 unspecified atom stereocenters. The second-order valence-electron chi connectivity index (χ2n) is 9.88. The molecule has 0 aliphatic heterocycles. The van der Waals surface area contributed by atoms with E-state index in [1.807, 2.05) is 10.9 Å². The third kappa shape index (κ3) is 5.94. The van der Waals surface area contributed by atoms with Gasteiger partial charge in [-0.25, -0.2) is 5.48 Å². The van der Waals surface area contributed by atoms with Crippen LogP contribution in [0.15, 0.2) is 31.0 Å². The van der Waals surface area contributed by atoms with Crippen molar-refractivity contribution >= 4 is 18.1 Å². The van der Waals surface area contributed by atoms with Gasteiger partial charge in [-0.05, 0) is 50.5 Å². The van der Waals surface area contributed by atoms with Crippen LogP contribution < -0.4 is 5.48 Å². The first-order valence-electron chi connectivity index (χ1n) is 11.2. The van der Waals surface area contributed by atoms with Crippen LogP contribution in [0.2, 0.25) is 0 Å². The lowest BCUT2D eigenvalue weighted by molar-refractivity contribution is -0.124. The standard InChI is InChI=1S/C25H39N3O2/c1-7-19(23(29)27-30)16-22-20(8-2)17-28(26-22)25(5,6)18-24(3,4)21-14-12-10-9-11-13-15-21/h7-8,16-17,21,30H,1-2,9-15,18H2,3-6H3,(H,27,29)/b19-16+. The van der Waals surface area contributed by atoms with Gasteiger partial charge in [-0.2, -0.15) is 5.10 Å². The first-order chi connectivity index (χ1) is 14.1. The number of nitrogens with one attached hydrogen (secondary N) is 1. The van der Waals surface area contributed by atoms with Crippen molar-refractivity contribution in [1.29, 1.82) is 0 Å². The van der Waals surface area contributed by atoms with Crippen molar-refractivity contribution < 1.29 is 10.0 Å². The van der Waals surface area contributed by atoms with Gasteiger partial charge in [0.15, 0.2) is 0 Å². The molecule has 1 aliphatic carbocycles. The van der Waals surface area contributed by atoms with Gasteiger partial charge in [0.05, 0.1) is 11.2 Å². The first kappa shape index (κ1) is 24.1. The van der Waals surface area contributed by atoms with E-state index in [1.165, 1.54) is 51.0 Å². The normalized spacial score (nSPS) is 17.2. The average molecular weight is 414 g/mol. The number of carbonyl (C=O) groups is 1. The predicted octanol–water partition coefficient (Wildman–Crippen LogP) is 6.11.